The number of nitrogens with one attached hydrogen (secondary N) is 2. The number of benzene rings is 2. The molecule has 0 saturated carbocycles. The molecule has 2 aromatic heterocycles. The molecule has 1 radical (unpaired) electrons. The zero-order chi connectivity index (χ0) is 38.9. The van der Waals surface area contributed by atoms with Gasteiger partial charge in [-0.3, -0.25) is 31.1 Å². The van der Waals surface area contributed by atoms with Gasteiger partial charge < -0.3 is 46.0 Å². The van der Waals surface area contributed by atoms with Crippen LogP contribution in [0.4, 0.5) is 23.0 Å². The smallest absolute Gasteiger partial charge is 0.872 e. The second-order valence-electron chi connectivity index (χ2n) is 7.35. The zero-order valence-corrected chi connectivity index (χ0v) is 29.5. The third-order valence-corrected chi connectivity index (χ3v) is 4.50. The van der Waals surface area contributed by atoms with Crippen molar-refractivity contribution in [3.63, 3.8) is 0 Å². The van der Waals surface area contributed by atoms with Crippen LogP contribution in [0.5, 0.6) is 11.5 Å². The summed E-state index contributed by atoms with van der Waals surface area (Å²) in [6, 6.07) is 17.4. The molecule has 0 fully saturated rings. The molecule has 0 atom stereocenters. The van der Waals surface area contributed by atoms with Gasteiger partial charge >= 0.3 is 39.9 Å². The molecule has 0 aliphatic rings. The topological polar surface area (TPSA) is 354 Å². The second-order valence-corrected chi connectivity index (χ2v) is 7.35. The number of aliphatic hydroxyl groups excluding tert-OH is 4. The average molecular weight is 862 g/mol. The summed E-state index contributed by atoms with van der Waals surface area (Å²) >= 11 is 0. The van der Waals surface area contributed by atoms with Crippen molar-refractivity contribution in [1.82, 2.24) is 9.97 Å². The van der Waals surface area contributed by atoms with Crippen molar-refractivity contribution in [2.45, 2.75) is 0 Å². The molecular formula is C28H34GdN9O13. The molecule has 2 aromatic carbocycles. The SMILES string of the molecule is CO.CO.CO.CO.O=[N+]([O-])[O-].O=[N+]([O-])c1ccc([O-])c(/C=N/Nc2ccccn2)c1.O=[N+]([O-])c1ccc([O-])c(/C=N/Nc2ccccn2)c1.[Gd+3]. The van der Waals surface area contributed by atoms with E-state index in [9.17, 15) is 30.4 Å². The van der Waals surface area contributed by atoms with E-state index >= 15 is 0 Å². The van der Waals surface area contributed by atoms with Crippen molar-refractivity contribution in [2.75, 3.05) is 39.3 Å². The first-order valence-electron chi connectivity index (χ1n) is 13.0. The van der Waals surface area contributed by atoms with Crippen LogP contribution in [0.2, 0.25) is 0 Å². The predicted octanol–water partition coefficient (Wildman–Crippen LogP) is 1.21. The average Bonchev–Trinajstić information content (AvgIpc) is 3.14. The summed E-state index contributed by atoms with van der Waals surface area (Å²) in [5.74, 6) is 0.350. The molecule has 0 bridgehead atoms. The van der Waals surface area contributed by atoms with Crippen LogP contribution < -0.4 is 21.1 Å². The second kappa shape index (κ2) is 34.3. The van der Waals surface area contributed by atoms with Gasteiger partial charge in [0.05, 0.1) is 27.4 Å². The molecule has 0 saturated heterocycles. The van der Waals surface area contributed by atoms with Crippen LogP contribution in [0, 0.1) is 75.5 Å². The minimum atomic E-state index is -1.75. The number of nitro benzene ring substituents is 2. The number of hydrogen-bond acceptors (Lipinski definition) is 19. The first kappa shape index (κ1) is 52.3. The third-order valence-electron chi connectivity index (χ3n) is 4.50. The van der Waals surface area contributed by atoms with E-state index in [-0.39, 0.29) is 73.9 Å². The molecular weight excluding hydrogens is 828 g/mol. The molecule has 22 nitrogen and oxygen atoms in total. The summed E-state index contributed by atoms with van der Waals surface area (Å²) < 4.78 is 0. The summed E-state index contributed by atoms with van der Waals surface area (Å²) in [7, 11) is 4.00. The number of rotatable bonds is 8. The number of nitro groups is 2. The molecule has 277 valence electrons. The molecule has 4 aromatic rings. The number of hydrogen-bond donors (Lipinski definition) is 6. The molecule has 2 heterocycles. The van der Waals surface area contributed by atoms with Crippen molar-refractivity contribution >= 4 is 35.4 Å². The van der Waals surface area contributed by atoms with Gasteiger partial charge in [0.15, 0.2) is 0 Å². The largest absolute Gasteiger partial charge is 3.00 e. The molecule has 0 amide bonds. The van der Waals surface area contributed by atoms with E-state index in [0.717, 1.165) is 52.7 Å². The maximum atomic E-state index is 11.5. The predicted molar refractivity (Wildman–Crippen MR) is 179 cm³/mol. The Kier molecular flexibility index (Phi) is 35.2. The molecule has 0 unspecified atom stereocenters. The number of aromatic nitrogens is 2. The maximum Gasteiger partial charge on any atom is 3.00 e. The Morgan fingerprint density at radius 3 is 1.16 bits per heavy atom. The minimum absolute atomic E-state index is 0. The van der Waals surface area contributed by atoms with Gasteiger partial charge in [-0.1, -0.05) is 35.8 Å². The van der Waals surface area contributed by atoms with Gasteiger partial charge in [0.1, 0.15) is 11.6 Å². The van der Waals surface area contributed by atoms with E-state index in [4.69, 9.17) is 35.7 Å². The van der Waals surface area contributed by atoms with Gasteiger partial charge in [-0.2, -0.15) is 10.2 Å². The Labute approximate surface area is 322 Å². The van der Waals surface area contributed by atoms with Crippen LogP contribution in [0.25, 0.3) is 0 Å². The van der Waals surface area contributed by atoms with E-state index in [1.165, 1.54) is 24.6 Å². The van der Waals surface area contributed by atoms with Crippen LogP contribution in [-0.2, 0) is 0 Å². The van der Waals surface area contributed by atoms with Crippen molar-refractivity contribution in [3.05, 3.63) is 132 Å². The molecule has 4 rings (SSSR count). The summed E-state index contributed by atoms with van der Waals surface area (Å²) in [5, 5.41) is 94.5. The standard InChI is InChI=1S/2C12H10N4O3.4CH4O.Gd.NO3/c2*17-11-5-4-10(16(18)19)7-9(11)8-14-15-12-3-1-2-6-13-12;4*1-2;;2-1(3)4/h2*1-8,17H,(H,13,15);4*2H,1H3;;/q;;;;;;+3;-1/p-2/b2*14-8+;;;;;;. The fraction of sp³-hybridized carbons (Fsp3) is 0.143. The fourth-order valence-electron chi connectivity index (χ4n) is 2.69. The van der Waals surface area contributed by atoms with Crippen LogP contribution in [0.1, 0.15) is 11.1 Å². The van der Waals surface area contributed by atoms with E-state index < -0.39 is 14.9 Å². The maximum absolute atomic E-state index is 11.5. The summed E-state index contributed by atoms with van der Waals surface area (Å²) in [4.78, 5) is 36.2. The van der Waals surface area contributed by atoms with Gasteiger partial charge in [-0.25, -0.2) is 9.97 Å². The van der Waals surface area contributed by atoms with Gasteiger partial charge in [-0.05, 0) is 35.4 Å². The Bertz CT molecular complexity index is 1460. The molecule has 0 aliphatic carbocycles. The number of nitrogens with zero attached hydrogens (tertiary/aromatic N) is 7. The molecule has 6 N–H and O–H groups in total. The normalized spacial score (nSPS) is 8.78. The van der Waals surface area contributed by atoms with E-state index in [1.807, 2.05) is 0 Å². The van der Waals surface area contributed by atoms with E-state index in [0.29, 0.717) is 11.6 Å². The quantitative estimate of drug-likeness (QED) is 0.0823. The van der Waals surface area contributed by atoms with Crippen LogP contribution in [0.3, 0.4) is 0 Å². The van der Waals surface area contributed by atoms with E-state index in [1.54, 1.807) is 48.8 Å². The number of aliphatic hydroxyl groups is 4. The summed E-state index contributed by atoms with van der Waals surface area (Å²) in [5.41, 5.74) is 5.20. The fourth-order valence-corrected chi connectivity index (χ4v) is 2.69. The number of anilines is 2. The minimum Gasteiger partial charge on any atom is -0.872 e. The van der Waals surface area contributed by atoms with Crippen molar-refractivity contribution < 1.29 is 85.5 Å². The monoisotopic (exact) mass is 862 g/mol. The first-order valence-corrected chi connectivity index (χ1v) is 13.0. The van der Waals surface area contributed by atoms with Crippen molar-refractivity contribution in [3.8, 4) is 11.5 Å². The summed E-state index contributed by atoms with van der Waals surface area (Å²) in [6.07, 6.45) is 5.63. The molecule has 0 aliphatic heterocycles. The molecule has 23 heteroatoms. The first-order chi connectivity index (χ1) is 24.1. The van der Waals surface area contributed by atoms with E-state index in [2.05, 4.69) is 31.0 Å². The van der Waals surface area contributed by atoms with Gasteiger partial charge in [-0.15, -0.1) is 0 Å². The number of hydrazone groups is 2. The van der Waals surface area contributed by atoms with Crippen molar-refractivity contribution in [2.24, 2.45) is 10.2 Å². The van der Waals surface area contributed by atoms with Crippen LogP contribution in [0.15, 0.2) is 95.4 Å². The Morgan fingerprint density at radius 1 is 0.588 bits per heavy atom. The Morgan fingerprint density at radius 2 is 0.902 bits per heavy atom. The van der Waals surface area contributed by atoms with Crippen LogP contribution in [-0.4, -0.2) is 86.2 Å². The Balaban J connectivity index is -0.000000328. The van der Waals surface area contributed by atoms with Gasteiger partial charge in [0, 0.05) is 65.1 Å². The van der Waals surface area contributed by atoms with Gasteiger partial charge in [0.25, 0.3) is 11.4 Å². The third kappa shape index (κ3) is 25.1. The van der Waals surface area contributed by atoms with Crippen LogP contribution >= 0.6 is 0 Å². The number of pyridine rings is 2. The zero-order valence-electron chi connectivity index (χ0n) is 27.2. The van der Waals surface area contributed by atoms with Crippen molar-refractivity contribution in [1.29, 1.82) is 0 Å². The Hall–Kier alpha value is -5.56. The molecule has 51 heavy (non-hydrogen) atoms. The van der Waals surface area contributed by atoms with Gasteiger partial charge in [0.2, 0.25) is 0 Å². The molecule has 0 spiro atoms. The number of non-ortho nitro benzene ring substituents is 2. The summed E-state index contributed by atoms with van der Waals surface area (Å²) in [6.45, 7) is 0.